The standard InChI is InChI=1S/2C6H10N4.2N3.Ni/c2*1-2-8-5(7-1)6-9-3-4-10-6;2*1-3-2;/h2*1-4H2,(H,7,8)(H,9,10);;;/q;;2*-1;+2. The van der Waals surface area contributed by atoms with Gasteiger partial charge in [0.2, 0.25) is 0 Å². The predicted molar refractivity (Wildman–Crippen MR) is 101 cm³/mol. The molecular formula is C12H20N14Ni. The summed E-state index contributed by atoms with van der Waals surface area (Å²) in [6.07, 6.45) is 0. The summed E-state index contributed by atoms with van der Waals surface area (Å²) < 4.78 is 0. The zero-order valence-electron chi connectivity index (χ0n) is 14.4. The summed E-state index contributed by atoms with van der Waals surface area (Å²) in [4.78, 5) is 19.9. The third-order valence-corrected chi connectivity index (χ3v) is 3.15. The molecule has 0 spiro atoms. The Bertz CT molecular complexity index is 538. The maximum atomic E-state index is 6.75. The number of hydrogen-bond acceptors (Lipinski definition) is 8. The normalized spacial score (nSPS) is 17.8. The van der Waals surface area contributed by atoms with Crippen LogP contribution in [0.5, 0.6) is 0 Å². The average Bonchev–Trinajstić information content (AvgIpc) is 3.48. The van der Waals surface area contributed by atoms with Gasteiger partial charge in [0, 0.05) is 26.2 Å². The van der Waals surface area contributed by atoms with Crippen molar-refractivity contribution in [2.45, 2.75) is 0 Å². The summed E-state index contributed by atoms with van der Waals surface area (Å²) in [5.74, 6) is 3.77. The third kappa shape index (κ3) is 9.31. The van der Waals surface area contributed by atoms with E-state index in [1.54, 1.807) is 0 Å². The Morgan fingerprint density at radius 3 is 0.815 bits per heavy atom. The van der Waals surface area contributed by atoms with E-state index in [0.717, 1.165) is 75.7 Å². The van der Waals surface area contributed by atoms with Gasteiger partial charge in [0.05, 0.1) is 26.2 Å². The van der Waals surface area contributed by atoms with Crippen LogP contribution >= 0.6 is 0 Å². The molecule has 4 aliphatic rings. The molecule has 14 nitrogen and oxygen atoms in total. The number of rotatable bonds is 2. The van der Waals surface area contributed by atoms with Crippen molar-refractivity contribution in [1.82, 2.24) is 21.3 Å². The van der Waals surface area contributed by atoms with E-state index in [4.69, 9.17) is 22.1 Å². The van der Waals surface area contributed by atoms with Crippen LogP contribution in [0.4, 0.5) is 0 Å². The Morgan fingerprint density at radius 2 is 0.704 bits per heavy atom. The Kier molecular flexibility index (Phi) is 13.6. The summed E-state index contributed by atoms with van der Waals surface area (Å²) in [7, 11) is 0. The van der Waals surface area contributed by atoms with Crippen LogP contribution in [0.25, 0.3) is 31.9 Å². The van der Waals surface area contributed by atoms with E-state index >= 15 is 0 Å². The first-order valence-electron chi connectivity index (χ1n) is 7.87. The van der Waals surface area contributed by atoms with Crippen molar-refractivity contribution in [3.05, 3.63) is 31.9 Å². The van der Waals surface area contributed by atoms with Crippen LogP contribution in [0.1, 0.15) is 0 Å². The third-order valence-electron chi connectivity index (χ3n) is 3.15. The first-order valence-corrected chi connectivity index (χ1v) is 7.87. The zero-order valence-corrected chi connectivity index (χ0v) is 15.4. The van der Waals surface area contributed by atoms with Gasteiger partial charge in [0.1, 0.15) is 0 Å². The molecule has 0 aromatic rings. The molecule has 0 atom stereocenters. The van der Waals surface area contributed by atoms with Crippen LogP contribution in [0.3, 0.4) is 0 Å². The second-order valence-corrected chi connectivity index (χ2v) is 4.81. The van der Waals surface area contributed by atoms with E-state index in [0.29, 0.717) is 0 Å². The molecule has 0 fully saturated rings. The van der Waals surface area contributed by atoms with Crippen molar-refractivity contribution in [3.8, 4) is 0 Å². The van der Waals surface area contributed by atoms with Gasteiger partial charge in [-0.1, -0.05) is 0 Å². The molecule has 4 heterocycles. The van der Waals surface area contributed by atoms with Crippen LogP contribution in [0.2, 0.25) is 0 Å². The molecule has 0 radical (unpaired) electrons. The van der Waals surface area contributed by atoms with Gasteiger partial charge in [-0.25, -0.2) is 0 Å². The minimum absolute atomic E-state index is 0. The minimum atomic E-state index is 0. The Morgan fingerprint density at radius 1 is 0.519 bits per heavy atom. The van der Waals surface area contributed by atoms with Crippen molar-refractivity contribution in [2.24, 2.45) is 20.0 Å². The van der Waals surface area contributed by atoms with E-state index in [1.807, 2.05) is 0 Å². The molecule has 27 heavy (non-hydrogen) atoms. The Labute approximate surface area is 165 Å². The monoisotopic (exact) mass is 418 g/mol. The molecule has 0 aromatic carbocycles. The molecule has 4 aliphatic heterocycles. The second kappa shape index (κ2) is 15.3. The fraction of sp³-hybridized carbons (Fsp3) is 0.667. The largest absolute Gasteiger partial charge is 2.00 e. The molecule has 0 saturated heterocycles. The van der Waals surface area contributed by atoms with Crippen molar-refractivity contribution in [2.75, 3.05) is 52.4 Å². The average molecular weight is 419 g/mol. The SMILES string of the molecule is C1CNC(C2=NCCN2)=N1.C1CNC(C2=NCCN2)=N1.[N-]=[N+]=[N-].[N-]=[N+]=[N-].[Ni+2]. The number of hydrogen-bond donors (Lipinski definition) is 4. The van der Waals surface area contributed by atoms with Gasteiger partial charge in [0.15, 0.2) is 23.3 Å². The fourth-order valence-electron chi connectivity index (χ4n) is 2.23. The molecule has 0 bridgehead atoms. The maximum absolute atomic E-state index is 6.75. The first kappa shape index (κ1) is 24.0. The van der Waals surface area contributed by atoms with Gasteiger partial charge >= 0.3 is 16.5 Å². The van der Waals surface area contributed by atoms with E-state index in [-0.39, 0.29) is 16.5 Å². The van der Waals surface area contributed by atoms with Gasteiger partial charge in [-0.3, -0.25) is 29.8 Å². The predicted octanol–water partition coefficient (Wildman–Crippen LogP) is -0.291. The summed E-state index contributed by atoms with van der Waals surface area (Å²) in [6.45, 7) is 7.36. The van der Waals surface area contributed by atoms with Crippen LogP contribution in [0.15, 0.2) is 20.0 Å². The maximum Gasteiger partial charge on any atom is 2.00 e. The summed E-state index contributed by atoms with van der Waals surface area (Å²) in [5, 5.41) is 12.6. The fourth-order valence-corrected chi connectivity index (χ4v) is 2.23. The molecule has 0 aliphatic carbocycles. The van der Waals surface area contributed by atoms with Gasteiger partial charge in [-0.15, -0.1) is 0 Å². The van der Waals surface area contributed by atoms with Gasteiger partial charge in [-0.05, 0) is 0 Å². The molecule has 0 amide bonds. The molecule has 15 heteroatoms. The Balaban J connectivity index is 0.000000380. The molecule has 4 rings (SSSR count). The van der Waals surface area contributed by atoms with Crippen LogP contribution in [-0.2, 0) is 16.5 Å². The summed E-state index contributed by atoms with van der Waals surface area (Å²) in [6, 6.07) is 0. The first-order chi connectivity index (χ1) is 12.8. The van der Waals surface area contributed by atoms with E-state index < -0.39 is 0 Å². The van der Waals surface area contributed by atoms with E-state index in [1.165, 1.54) is 9.82 Å². The molecule has 148 valence electrons. The van der Waals surface area contributed by atoms with Crippen molar-refractivity contribution in [1.29, 1.82) is 0 Å². The number of nitrogens with zero attached hydrogens (tertiary/aromatic N) is 10. The van der Waals surface area contributed by atoms with Crippen LogP contribution in [-0.4, -0.2) is 75.7 Å². The number of amidine groups is 4. The topological polar surface area (TPSA) is 215 Å². The number of nitrogens with one attached hydrogen (secondary N) is 4. The van der Waals surface area contributed by atoms with Crippen molar-refractivity contribution >= 4 is 23.3 Å². The summed E-state index contributed by atoms with van der Waals surface area (Å²) >= 11 is 0. The molecule has 0 unspecified atom stereocenters. The van der Waals surface area contributed by atoms with E-state index in [9.17, 15) is 0 Å². The van der Waals surface area contributed by atoms with Crippen LogP contribution in [0, 0.1) is 0 Å². The quantitative estimate of drug-likeness (QED) is 0.205. The molecule has 4 N–H and O–H groups in total. The van der Waals surface area contributed by atoms with Crippen molar-refractivity contribution < 1.29 is 16.5 Å². The number of aliphatic imine (C=N–C) groups is 4. The Hall–Kier alpha value is -3.01. The van der Waals surface area contributed by atoms with Gasteiger partial charge in [0.25, 0.3) is 0 Å². The molecular weight excluding hydrogens is 399 g/mol. The summed E-state index contributed by atoms with van der Waals surface area (Å²) in [5.41, 5.74) is 27.0. The van der Waals surface area contributed by atoms with Crippen molar-refractivity contribution in [3.63, 3.8) is 0 Å². The van der Waals surface area contributed by atoms with Gasteiger partial charge < -0.3 is 43.4 Å². The van der Waals surface area contributed by atoms with E-state index in [2.05, 4.69) is 41.2 Å². The second-order valence-electron chi connectivity index (χ2n) is 4.81. The molecule has 0 aromatic heterocycles. The van der Waals surface area contributed by atoms with Gasteiger partial charge in [-0.2, -0.15) is 0 Å². The molecule has 0 saturated carbocycles. The minimum Gasteiger partial charge on any atom is -0.373 e. The smallest absolute Gasteiger partial charge is 0.373 e. The van der Waals surface area contributed by atoms with Crippen LogP contribution < -0.4 is 21.3 Å². The zero-order chi connectivity index (χ0) is 19.0.